The Morgan fingerprint density at radius 2 is 2.00 bits per heavy atom. The molecule has 0 aliphatic rings. The van der Waals surface area contributed by atoms with Crippen LogP contribution in [0.2, 0.25) is 0 Å². The molecule has 0 spiro atoms. The van der Waals surface area contributed by atoms with Crippen LogP contribution in [0.1, 0.15) is 16.7 Å². The van der Waals surface area contributed by atoms with Gasteiger partial charge in [-0.3, -0.25) is 4.90 Å². The predicted octanol–water partition coefficient (Wildman–Crippen LogP) is 2.71. The SMILES string of the molecule is CN(Cc1ccc(F)cc1C#N)C[C@H](O)COCc1ccccc1. The average Bonchev–Trinajstić information content (AvgIpc) is 2.57. The largest absolute Gasteiger partial charge is 0.389 e. The van der Waals surface area contributed by atoms with Gasteiger partial charge in [-0.2, -0.15) is 5.26 Å². The Bertz CT molecular complexity index is 686. The Balaban J connectivity index is 1.77. The van der Waals surface area contributed by atoms with E-state index < -0.39 is 11.9 Å². The molecule has 0 bridgehead atoms. The van der Waals surface area contributed by atoms with Crippen LogP contribution in [0.4, 0.5) is 4.39 Å². The zero-order valence-corrected chi connectivity index (χ0v) is 13.7. The van der Waals surface area contributed by atoms with Crippen LogP contribution in [0.5, 0.6) is 0 Å². The van der Waals surface area contributed by atoms with Crippen LogP contribution in [-0.4, -0.2) is 36.3 Å². The highest BCUT2D eigenvalue weighted by Crippen LogP contribution is 2.12. The summed E-state index contributed by atoms with van der Waals surface area (Å²) in [6.07, 6.45) is -0.635. The molecule has 2 aromatic carbocycles. The number of likely N-dealkylation sites (N-methyl/N-ethyl adjacent to an activating group) is 1. The summed E-state index contributed by atoms with van der Waals surface area (Å²) >= 11 is 0. The number of ether oxygens (including phenoxy) is 1. The molecular formula is C19H21FN2O2. The lowest BCUT2D eigenvalue weighted by atomic mass is 10.1. The number of aliphatic hydroxyl groups is 1. The molecule has 2 aromatic rings. The number of hydrogen-bond donors (Lipinski definition) is 1. The monoisotopic (exact) mass is 328 g/mol. The van der Waals surface area contributed by atoms with Crippen LogP contribution < -0.4 is 0 Å². The van der Waals surface area contributed by atoms with Crippen LogP contribution in [0.3, 0.4) is 0 Å². The summed E-state index contributed by atoms with van der Waals surface area (Å²) in [5.41, 5.74) is 2.11. The number of aliphatic hydroxyl groups excluding tert-OH is 1. The zero-order valence-electron chi connectivity index (χ0n) is 13.7. The van der Waals surface area contributed by atoms with Gasteiger partial charge in [0.15, 0.2) is 0 Å². The summed E-state index contributed by atoms with van der Waals surface area (Å²) in [5, 5.41) is 19.1. The maximum Gasteiger partial charge on any atom is 0.124 e. The van der Waals surface area contributed by atoms with Crippen molar-refractivity contribution in [3.05, 3.63) is 71.0 Å². The van der Waals surface area contributed by atoms with Gasteiger partial charge in [0, 0.05) is 13.1 Å². The number of benzene rings is 2. The molecule has 0 unspecified atom stereocenters. The number of rotatable bonds is 8. The molecule has 126 valence electrons. The lowest BCUT2D eigenvalue weighted by Gasteiger charge is -2.21. The molecule has 0 fully saturated rings. The minimum absolute atomic E-state index is 0.230. The van der Waals surface area contributed by atoms with Gasteiger partial charge < -0.3 is 9.84 Å². The van der Waals surface area contributed by atoms with Gasteiger partial charge in [0.25, 0.3) is 0 Å². The lowest BCUT2D eigenvalue weighted by molar-refractivity contribution is 0.0127. The molecule has 2 rings (SSSR count). The zero-order chi connectivity index (χ0) is 17.4. The molecule has 0 amide bonds. The fraction of sp³-hybridized carbons (Fsp3) is 0.316. The minimum Gasteiger partial charge on any atom is -0.389 e. The van der Waals surface area contributed by atoms with E-state index in [2.05, 4.69) is 0 Å². The highest BCUT2D eigenvalue weighted by atomic mass is 19.1. The number of hydrogen-bond acceptors (Lipinski definition) is 4. The minimum atomic E-state index is -0.635. The maximum atomic E-state index is 13.1. The molecule has 0 aliphatic carbocycles. The van der Waals surface area contributed by atoms with Crippen molar-refractivity contribution in [2.75, 3.05) is 20.2 Å². The van der Waals surface area contributed by atoms with Gasteiger partial charge in [-0.15, -0.1) is 0 Å². The van der Waals surface area contributed by atoms with E-state index in [1.807, 2.05) is 48.3 Å². The van der Waals surface area contributed by atoms with Gasteiger partial charge in [0.05, 0.1) is 31.0 Å². The summed E-state index contributed by atoms with van der Waals surface area (Å²) in [6, 6.07) is 15.9. The Morgan fingerprint density at radius 3 is 2.71 bits per heavy atom. The Morgan fingerprint density at radius 1 is 1.25 bits per heavy atom. The first-order chi connectivity index (χ1) is 11.6. The van der Waals surface area contributed by atoms with Gasteiger partial charge in [0.2, 0.25) is 0 Å². The summed E-state index contributed by atoms with van der Waals surface area (Å²) in [7, 11) is 1.84. The highest BCUT2D eigenvalue weighted by Gasteiger charge is 2.11. The topological polar surface area (TPSA) is 56.5 Å². The molecule has 1 N–H and O–H groups in total. The molecule has 5 heteroatoms. The van der Waals surface area contributed by atoms with Gasteiger partial charge in [-0.05, 0) is 30.3 Å². The maximum absolute atomic E-state index is 13.1. The van der Waals surface area contributed by atoms with E-state index in [4.69, 9.17) is 10.00 Å². The molecule has 0 aliphatic heterocycles. The summed E-state index contributed by atoms with van der Waals surface area (Å²) in [6.45, 7) is 1.54. The highest BCUT2D eigenvalue weighted by molar-refractivity contribution is 5.37. The van der Waals surface area contributed by atoms with Gasteiger partial charge >= 0.3 is 0 Å². The molecule has 24 heavy (non-hydrogen) atoms. The first-order valence-electron chi connectivity index (χ1n) is 7.75. The summed E-state index contributed by atoms with van der Waals surface area (Å²) in [5.74, 6) is -0.424. The van der Waals surface area contributed by atoms with Crippen LogP contribution >= 0.6 is 0 Å². The number of halogens is 1. The van der Waals surface area contributed by atoms with Crippen LogP contribution in [-0.2, 0) is 17.9 Å². The Hall–Kier alpha value is -2.26. The van der Waals surface area contributed by atoms with E-state index in [0.717, 1.165) is 11.1 Å². The van der Waals surface area contributed by atoms with E-state index in [1.54, 1.807) is 6.07 Å². The normalized spacial score (nSPS) is 12.1. The van der Waals surface area contributed by atoms with Crippen LogP contribution in [0.25, 0.3) is 0 Å². The predicted molar refractivity (Wildman–Crippen MR) is 89.6 cm³/mol. The molecule has 0 saturated carbocycles. The second kappa shape index (κ2) is 9.14. The fourth-order valence-corrected chi connectivity index (χ4v) is 2.45. The molecule has 1 atom stereocenters. The molecule has 4 nitrogen and oxygen atoms in total. The van der Waals surface area contributed by atoms with Gasteiger partial charge in [-0.1, -0.05) is 36.4 Å². The van der Waals surface area contributed by atoms with Crippen LogP contribution in [0, 0.1) is 17.1 Å². The first kappa shape index (κ1) is 18.1. The van der Waals surface area contributed by atoms with Crippen molar-refractivity contribution < 1.29 is 14.2 Å². The molecular weight excluding hydrogens is 307 g/mol. The number of nitriles is 1. The van der Waals surface area contributed by atoms with E-state index in [9.17, 15) is 9.50 Å². The summed E-state index contributed by atoms with van der Waals surface area (Å²) in [4.78, 5) is 1.88. The van der Waals surface area contributed by atoms with Crippen molar-refractivity contribution in [1.82, 2.24) is 4.90 Å². The second-order valence-electron chi connectivity index (χ2n) is 5.76. The van der Waals surface area contributed by atoms with Crippen molar-refractivity contribution in [2.24, 2.45) is 0 Å². The lowest BCUT2D eigenvalue weighted by Crippen LogP contribution is -2.32. The number of nitrogens with zero attached hydrogens (tertiary/aromatic N) is 2. The van der Waals surface area contributed by atoms with Crippen molar-refractivity contribution >= 4 is 0 Å². The van der Waals surface area contributed by atoms with Gasteiger partial charge in [0.1, 0.15) is 5.82 Å². The fourth-order valence-electron chi connectivity index (χ4n) is 2.45. The molecule has 0 saturated heterocycles. The Labute approximate surface area is 141 Å². The third kappa shape index (κ3) is 5.74. The van der Waals surface area contributed by atoms with E-state index in [0.29, 0.717) is 25.3 Å². The van der Waals surface area contributed by atoms with Crippen molar-refractivity contribution in [3.63, 3.8) is 0 Å². The van der Waals surface area contributed by atoms with Crippen molar-refractivity contribution in [3.8, 4) is 6.07 Å². The molecule has 0 aromatic heterocycles. The quantitative estimate of drug-likeness (QED) is 0.809. The van der Waals surface area contributed by atoms with Crippen LogP contribution in [0.15, 0.2) is 48.5 Å². The van der Waals surface area contributed by atoms with E-state index in [-0.39, 0.29) is 6.61 Å². The van der Waals surface area contributed by atoms with Crippen molar-refractivity contribution in [2.45, 2.75) is 19.3 Å². The van der Waals surface area contributed by atoms with E-state index >= 15 is 0 Å². The van der Waals surface area contributed by atoms with Crippen molar-refractivity contribution in [1.29, 1.82) is 5.26 Å². The molecule has 0 radical (unpaired) electrons. The van der Waals surface area contributed by atoms with Gasteiger partial charge in [-0.25, -0.2) is 4.39 Å². The smallest absolute Gasteiger partial charge is 0.124 e. The average molecular weight is 328 g/mol. The molecule has 0 heterocycles. The Kier molecular flexibility index (Phi) is 6.89. The third-order valence-electron chi connectivity index (χ3n) is 3.58. The summed E-state index contributed by atoms with van der Waals surface area (Å²) < 4.78 is 18.7. The second-order valence-corrected chi connectivity index (χ2v) is 5.76. The van der Waals surface area contributed by atoms with E-state index in [1.165, 1.54) is 12.1 Å². The third-order valence-corrected chi connectivity index (χ3v) is 3.58. The first-order valence-corrected chi connectivity index (χ1v) is 7.75. The standard InChI is InChI=1S/C19H21FN2O2/c1-22(11-16-7-8-18(20)9-17(16)10-21)12-19(23)14-24-13-15-5-3-2-4-6-15/h2-9,19,23H,11-14H2,1H3/t19-/m0/s1.